The fourth-order valence-corrected chi connectivity index (χ4v) is 2.47. The molecule has 102 valence electrons. The summed E-state index contributed by atoms with van der Waals surface area (Å²) in [7, 11) is 0. The minimum Gasteiger partial charge on any atom is -0.368 e. The third kappa shape index (κ3) is 2.89. The van der Waals surface area contributed by atoms with Crippen LogP contribution in [0.2, 0.25) is 0 Å². The molecule has 0 aromatic heterocycles. The van der Waals surface area contributed by atoms with Crippen molar-refractivity contribution in [3.05, 3.63) is 71.3 Å². The molecule has 1 aliphatic rings. The molecule has 0 spiro atoms. The molecule has 1 heterocycles. The number of carbonyl (C=O) groups excluding carboxylic acids is 1. The second kappa shape index (κ2) is 5.88. The molecule has 0 aliphatic carbocycles. The van der Waals surface area contributed by atoms with Crippen LogP contribution in [-0.4, -0.2) is 5.91 Å². The van der Waals surface area contributed by atoms with E-state index < -0.39 is 0 Å². The van der Waals surface area contributed by atoms with Crippen LogP contribution >= 0.6 is 0 Å². The van der Waals surface area contributed by atoms with Crippen LogP contribution in [-0.2, 0) is 22.7 Å². The third-order valence-electron chi connectivity index (χ3n) is 3.55. The first kappa shape index (κ1) is 12.9. The number of amides is 1. The van der Waals surface area contributed by atoms with Gasteiger partial charge in [-0.2, -0.15) is 0 Å². The molecule has 1 atom stereocenters. The zero-order valence-corrected chi connectivity index (χ0v) is 11.2. The van der Waals surface area contributed by atoms with Gasteiger partial charge in [-0.15, -0.1) is 0 Å². The maximum atomic E-state index is 12.0. The quantitative estimate of drug-likeness (QED) is 0.925. The molecule has 1 amide bonds. The van der Waals surface area contributed by atoms with Gasteiger partial charge in [0.2, 0.25) is 5.91 Å². The van der Waals surface area contributed by atoms with Crippen molar-refractivity contribution in [3.8, 4) is 0 Å². The maximum Gasteiger partial charge on any atom is 0.223 e. The van der Waals surface area contributed by atoms with E-state index in [9.17, 15) is 4.79 Å². The second-order valence-corrected chi connectivity index (χ2v) is 4.96. The normalized spacial score (nSPS) is 16.7. The monoisotopic (exact) mass is 267 g/mol. The Morgan fingerprint density at radius 1 is 1.10 bits per heavy atom. The zero-order valence-electron chi connectivity index (χ0n) is 11.2. The van der Waals surface area contributed by atoms with Crippen LogP contribution in [0.4, 0.5) is 0 Å². The topological polar surface area (TPSA) is 38.3 Å². The van der Waals surface area contributed by atoms with E-state index in [1.165, 1.54) is 5.56 Å². The van der Waals surface area contributed by atoms with E-state index in [-0.39, 0.29) is 12.0 Å². The summed E-state index contributed by atoms with van der Waals surface area (Å²) in [6.07, 6.45) is 0.270. The molecular formula is C17H17NO2. The zero-order chi connectivity index (χ0) is 13.8. The maximum absolute atomic E-state index is 12.0. The summed E-state index contributed by atoms with van der Waals surface area (Å²) in [6.45, 7) is 1.17. The van der Waals surface area contributed by atoms with Crippen molar-refractivity contribution in [1.82, 2.24) is 5.32 Å². The largest absolute Gasteiger partial charge is 0.368 e. The highest BCUT2D eigenvalue weighted by Gasteiger charge is 2.24. The van der Waals surface area contributed by atoms with Gasteiger partial charge in [0.05, 0.1) is 19.1 Å². The predicted octanol–water partition coefficient (Wildman–Crippen LogP) is 2.96. The van der Waals surface area contributed by atoms with Crippen molar-refractivity contribution < 1.29 is 9.53 Å². The van der Waals surface area contributed by atoms with Gasteiger partial charge in [-0.1, -0.05) is 54.6 Å². The highest BCUT2D eigenvalue weighted by atomic mass is 16.5. The lowest BCUT2D eigenvalue weighted by molar-refractivity contribution is -0.124. The summed E-state index contributed by atoms with van der Waals surface area (Å²) >= 11 is 0. The lowest BCUT2D eigenvalue weighted by Gasteiger charge is -2.11. The molecule has 1 unspecified atom stereocenters. The smallest absolute Gasteiger partial charge is 0.223 e. The number of fused-ring (bicyclic) bond motifs is 1. The molecule has 2 aromatic rings. The molecule has 3 nitrogen and oxygen atoms in total. The fraction of sp³-hybridized carbons (Fsp3) is 0.235. The molecule has 1 aliphatic heterocycles. The van der Waals surface area contributed by atoms with Crippen molar-refractivity contribution in [2.24, 2.45) is 0 Å². The number of carbonyl (C=O) groups is 1. The molecule has 3 heteroatoms. The van der Waals surface area contributed by atoms with E-state index in [4.69, 9.17) is 4.74 Å². The molecule has 0 saturated heterocycles. The van der Waals surface area contributed by atoms with E-state index >= 15 is 0 Å². The Bertz CT molecular complexity index is 595. The van der Waals surface area contributed by atoms with Crippen LogP contribution in [0, 0.1) is 0 Å². The lowest BCUT2D eigenvalue weighted by Crippen LogP contribution is -2.24. The van der Waals surface area contributed by atoms with Crippen LogP contribution < -0.4 is 5.32 Å². The Morgan fingerprint density at radius 2 is 1.85 bits per heavy atom. The van der Waals surface area contributed by atoms with Crippen LogP contribution in [0.3, 0.4) is 0 Å². The average molecular weight is 267 g/mol. The lowest BCUT2D eigenvalue weighted by atomic mass is 10.0. The van der Waals surface area contributed by atoms with Gasteiger partial charge in [0, 0.05) is 6.54 Å². The SMILES string of the molecule is O=C(CC1OCc2ccccc21)NCc1ccccc1. The fourth-order valence-electron chi connectivity index (χ4n) is 2.47. The van der Waals surface area contributed by atoms with Gasteiger partial charge in [0.15, 0.2) is 0 Å². The van der Waals surface area contributed by atoms with Crippen molar-refractivity contribution in [2.45, 2.75) is 25.7 Å². The Kier molecular flexibility index (Phi) is 3.79. The van der Waals surface area contributed by atoms with Gasteiger partial charge in [0.25, 0.3) is 0 Å². The van der Waals surface area contributed by atoms with Gasteiger partial charge in [-0.25, -0.2) is 0 Å². The van der Waals surface area contributed by atoms with E-state index in [0.29, 0.717) is 19.6 Å². The molecule has 0 bridgehead atoms. The third-order valence-corrected chi connectivity index (χ3v) is 3.55. The number of hydrogen-bond donors (Lipinski definition) is 1. The summed E-state index contributed by atoms with van der Waals surface area (Å²) in [5, 5.41) is 2.94. The van der Waals surface area contributed by atoms with Gasteiger partial charge in [-0.05, 0) is 16.7 Å². The van der Waals surface area contributed by atoms with E-state index in [0.717, 1.165) is 11.1 Å². The first-order valence-electron chi connectivity index (χ1n) is 6.83. The summed E-state index contributed by atoms with van der Waals surface area (Å²) in [6, 6.07) is 18.0. The predicted molar refractivity (Wildman–Crippen MR) is 76.9 cm³/mol. The van der Waals surface area contributed by atoms with Crippen LogP contribution in [0.25, 0.3) is 0 Å². The molecular weight excluding hydrogens is 250 g/mol. The second-order valence-electron chi connectivity index (χ2n) is 4.96. The van der Waals surface area contributed by atoms with Crippen LogP contribution in [0.1, 0.15) is 29.2 Å². The number of hydrogen-bond acceptors (Lipinski definition) is 2. The summed E-state index contributed by atoms with van der Waals surface area (Å²) in [5.41, 5.74) is 3.43. The summed E-state index contributed by atoms with van der Waals surface area (Å²) < 4.78 is 5.69. The summed E-state index contributed by atoms with van der Waals surface area (Å²) in [4.78, 5) is 12.0. The molecule has 0 fully saturated rings. The molecule has 0 saturated carbocycles. The number of benzene rings is 2. The first-order valence-corrected chi connectivity index (χ1v) is 6.83. The highest BCUT2D eigenvalue weighted by molar-refractivity contribution is 5.76. The van der Waals surface area contributed by atoms with Crippen LogP contribution in [0.5, 0.6) is 0 Å². The van der Waals surface area contributed by atoms with E-state index in [1.54, 1.807) is 0 Å². The first-order chi connectivity index (χ1) is 9.83. The van der Waals surface area contributed by atoms with Crippen molar-refractivity contribution in [1.29, 1.82) is 0 Å². The van der Waals surface area contributed by atoms with E-state index in [2.05, 4.69) is 11.4 Å². The Hall–Kier alpha value is -2.13. The summed E-state index contributed by atoms with van der Waals surface area (Å²) in [5.74, 6) is 0.0237. The van der Waals surface area contributed by atoms with Crippen molar-refractivity contribution >= 4 is 5.91 Å². The van der Waals surface area contributed by atoms with Crippen LogP contribution in [0.15, 0.2) is 54.6 Å². The number of ether oxygens (including phenoxy) is 1. The van der Waals surface area contributed by atoms with Gasteiger partial charge < -0.3 is 10.1 Å². The molecule has 0 radical (unpaired) electrons. The average Bonchev–Trinajstić information content (AvgIpc) is 2.90. The van der Waals surface area contributed by atoms with E-state index in [1.807, 2.05) is 48.5 Å². The van der Waals surface area contributed by atoms with Crippen molar-refractivity contribution in [2.75, 3.05) is 0 Å². The van der Waals surface area contributed by atoms with Gasteiger partial charge >= 0.3 is 0 Å². The molecule has 20 heavy (non-hydrogen) atoms. The van der Waals surface area contributed by atoms with Gasteiger partial charge in [-0.3, -0.25) is 4.79 Å². The minimum absolute atomic E-state index is 0.0237. The molecule has 1 N–H and O–H groups in total. The number of rotatable bonds is 4. The van der Waals surface area contributed by atoms with Crippen molar-refractivity contribution in [3.63, 3.8) is 0 Å². The Morgan fingerprint density at radius 3 is 2.70 bits per heavy atom. The van der Waals surface area contributed by atoms with Gasteiger partial charge in [0.1, 0.15) is 0 Å². The Labute approximate surface area is 118 Å². The molecule has 2 aromatic carbocycles. The minimum atomic E-state index is -0.109. The molecule has 3 rings (SSSR count). The number of nitrogens with one attached hydrogen (secondary N) is 1. The standard InChI is InChI=1S/C17H17NO2/c19-17(18-11-13-6-2-1-3-7-13)10-16-15-9-5-4-8-14(15)12-20-16/h1-9,16H,10-12H2,(H,18,19). The highest BCUT2D eigenvalue weighted by Crippen LogP contribution is 2.32. The Balaban J connectivity index is 1.55.